The number of Topliss-reactive ketones (excluding diaryl/α,β-unsaturated/α-hetero) is 1. The van der Waals surface area contributed by atoms with Gasteiger partial charge in [-0.3, -0.25) is 14.1 Å². The summed E-state index contributed by atoms with van der Waals surface area (Å²) in [5.41, 5.74) is 4.09. The van der Waals surface area contributed by atoms with Crippen LogP contribution in [0.2, 0.25) is 0 Å². The number of hydrogen-bond donors (Lipinski definition) is 2. The molecule has 1 heterocycles. The highest BCUT2D eigenvalue weighted by atomic mass is 32.2. The highest BCUT2D eigenvalue weighted by Gasteiger charge is 2.47. The van der Waals surface area contributed by atoms with Crippen LogP contribution in [0.4, 0.5) is 5.69 Å². The number of likely N-dealkylation sites (N-methyl/N-ethyl adjacent to an activating group) is 1. The van der Waals surface area contributed by atoms with Crippen LogP contribution in [0, 0.1) is 18.8 Å². The Labute approximate surface area is 185 Å². The Hall–Kier alpha value is -3.49. The minimum atomic E-state index is -4.48. The molecule has 162 valence electrons. The zero-order chi connectivity index (χ0) is 22.8. The third-order valence-corrected chi connectivity index (χ3v) is 7.13. The van der Waals surface area contributed by atoms with Gasteiger partial charge in [-0.15, -0.1) is 0 Å². The molecule has 0 bridgehead atoms. The first-order valence-corrected chi connectivity index (χ1v) is 11.5. The van der Waals surface area contributed by atoms with E-state index in [-0.39, 0.29) is 28.2 Å². The predicted octanol–water partition coefficient (Wildman–Crippen LogP) is 3.42. The van der Waals surface area contributed by atoms with Crippen molar-refractivity contribution >= 4 is 33.1 Å². The van der Waals surface area contributed by atoms with Crippen LogP contribution in [0.15, 0.2) is 77.0 Å². The summed E-state index contributed by atoms with van der Waals surface area (Å²) >= 11 is 0. The maximum Gasteiger partial charge on any atom is 0.296 e. The van der Waals surface area contributed by atoms with Crippen LogP contribution in [-0.4, -0.2) is 36.6 Å². The summed E-state index contributed by atoms with van der Waals surface area (Å²) in [4.78, 5) is 27.5. The molecule has 2 unspecified atom stereocenters. The van der Waals surface area contributed by atoms with Gasteiger partial charge in [0.2, 0.25) is 0 Å². The zero-order valence-corrected chi connectivity index (χ0v) is 18.2. The molecule has 0 aromatic heterocycles. The second-order valence-electron chi connectivity index (χ2n) is 8.18. The van der Waals surface area contributed by atoms with Crippen molar-refractivity contribution in [1.29, 1.82) is 0 Å². The SMILES string of the molecule is Cc1ccc(NC2=CC=C3C4C(=CC(=O)N3C)c3ccccc3C(=O)C24)c(S(=O)(=O)O)c1. The number of carbonyl (C=O) groups is 2. The maximum atomic E-state index is 13.6. The molecule has 3 aliphatic rings. The van der Waals surface area contributed by atoms with Gasteiger partial charge in [0, 0.05) is 36.0 Å². The van der Waals surface area contributed by atoms with E-state index in [9.17, 15) is 22.6 Å². The quantitative estimate of drug-likeness (QED) is 0.698. The molecule has 0 saturated heterocycles. The zero-order valence-electron chi connectivity index (χ0n) is 17.4. The normalized spacial score (nSPS) is 21.8. The topological polar surface area (TPSA) is 104 Å². The molecule has 2 aromatic carbocycles. The fraction of sp³-hybridized carbons (Fsp3) is 0.167. The predicted molar refractivity (Wildman–Crippen MR) is 119 cm³/mol. The number of benzene rings is 2. The van der Waals surface area contributed by atoms with Crippen LogP contribution in [0.1, 0.15) is 21.5 Å². The summed E-state index contributed by atoms with van der Waals surface area (Å²) in [6, 6.07) is 11.9. The molecule has 2 N–H and O–H groups in total. The number of allylic oxidation sites excluding steroid dienone is 4. The van der Waals surface area contributed by atoms with E-state index in [1.165, 1.54) is 11.0 Å². The number of rotatable bonds is 3. The van der Waals surface area contributed by atoms with E-state index < -0.39 is 16.0 Å². The molecule has 2 aliphatic carbocycles. The van der Waals surface area contributed by atoms with Crippen LogP contribution in [0.3, 0.4) is 0 Å². The summed E-state index contributed by atoms with van der Waals surface area (Å²) in [6.07, 6.45) is 5.04. The summed E-state index contributed by atoms with van der Waals surface area (Å²) in [5.74, 6) is -1.33. The van der Waals surface area contributed by atoms with Crippen molar-refractivity contribution in [3.05, 3.63) is 88.8 Å². The molecule has 1 amide bonds. The first-order chi connectivity index (χ1) is 15.2. The minimum absolute atomic E-state index is 0.115. The van der Waals surface area contributed by atoms with Crippen LogP contribution in [-0.2, 0) is 14.9 Å². The number of carbonyl (C=O) groups excluding carboxylic acids is 2. The third kappa shape index (κ3) is 3.03. The molecule has 32 heavy (non-hydrogen) atoms. The average Bonchev–Trinajstić information content (AvgIpc) is 2.75. The third-order valence-electron chi connectivity index (χ3n) is 6.23. The van der Waals surface area contributed by atoms with Crippen molar-refractivity contribution in [1.82, 2.24) is 4.90 Å². The largest absolute Gasteiger partial charge is 0.357 e. The van der Waals surface area contributed by atoms with Crippen LogP contribution >= 0.6 is 0 Å². The number of ketones is 1. The summed E-state index contributed by atoms with van der Waals surface area (Å²) in [6.45, 7) is 1.72. The second kappa shape index (κ2) is 7.01. The highest BCUT2D eigenvalue weighted by Crippen LogP contribution is 2.50. The van der Waals surface area contributed by atoms with Crippen molar-refractivity contribution in [3.63, 3.8) is 0 Å². The van der Waals surface area contributed by atoms with Gasteiger partial charge in [-0.1, -0.05) is 30.3 Å². The number of nitrogens with one attached hydrogen (secondary N) is 1. The Kier molecular flexibility index (Phi) is 4.47. The number of fused-ring (bicyclic) bond motifs is 2. The summed E-state index contributed by atoms with van der Waals surface area (Å²) in [7, 11) is -2.81. The minimum Gasteiger partial charge on any atom is -0.357 e. The Balaban J connectivity index is 1.68. The first-order valence-electron chi connectivity index (χ1n) is 10.1. The lowest BCUT2D eigenvalue weighted by atomic mass is 9.66. The summed E-state index contributed by atoms with van der Waals surface area (Å²) in [5, 5.41) is 3.08. The highest BCUT2D eigenvalue weighted by molar-refractivity contribution is 7.86. The number of nitrogens with zero attached hydrogens (tertiary/aromatic N) is 1. The smallest absolute Gasteiger partial charge is 0.296 e. The lowest BCUT2D eigenvalue weighted by Crippen LogP contribution is -2.44. The first kappa shape index (κ1) is 20.4. The van der Waals surface area contributed by atoms with E-state index in [4.69, 9.17) is 0 Å². The van der Waals surface area contributed by atoms with Gasteiger partial charge in [0.15, 0.2) is 5.78 Å². The fourth-order valence-electron chi connectivity index (χ4n) is 4.72. The fourth-order valence-corrected chi connectivity index (χ4v) is 5.45. The molecule has 0 spiro atoms. The standard InChI is InChI=1S/C24H20N2O5S/c1-13-7-8-17(20(11-13)32(29,30)31)25-18-9-10-19-22-16(12-21(27)26(19)2)14-5-3-4-6-15(14)24(28)23(18)22/h3-12,22-23,25H,1-2H3,(H,29,30,31). The van der Waals surface area contributed by atoms with Crippen molar-refractivity contribution < 1.29 is 22.6 Å². The molecule has 7 nitrogen and oxygen atoms in total. The Bertz CT molecular complexity index is 1400. The van der Waals surface area contributed by atoms with Gasteiger partial charge >= 0.3 is 0 Å². The lowest BCUT2D eigenvalue weighted by molar-refractivity contribution is -0.123. The Morgan fingerprint density at radius 2 is 1.72 bits per heavy atom. The molecule has 2 aromatic rings. The van der Waals surface area contributed by atoms with Gasteiger partial charge in [0.1, 0.15) is 4.90 Å². The van der Waals surface area contributed by atoms with E-state index >= 15 is 0 Å². The Morgan fingerprint density at radius 3 is 2.44 bits per heavy atom. The molecular weight excluding hydrogens is 428 g/mol. The summed E-state index contributed by atoms with van der Waals surface area (Å²) < 4.78 is 33.6. The van der Waals surface area contributed by atoms with E-state index in [1.807, 2.05) is 12.1 Å². The number of amides is 1. The average molecular weight is 449 g/mol. The molecule has 0 fully saturated rings. The van der Waals surface area contributed by atoms with E-state index in [0.29, 0.717) is 22.5 Å². The van der Waals surface area contributed by atoms with Crippen molar-refractivity contribution in [2.45, 2.75) is 11.8 Å². The van der Waals surface area contributed by atoms with Gasteiger partial charge in [-0.25, -0.2) is 0 Å². The van der Waals surface area contributed by atoms with E-state index in [2.05, 4.69) is 5.32 Å². The van der Waals surface area contributed by atoms with Gasteiger partial charge in [-0.2, -0.15) is 8.42 Å². The van der Waals surface area contributed by atoms with Crippen molar-refractivity contribution in [2.75, 3.05) is 12.4 Å². The molecule has 2 atom stereocenters. The van der Waals surface area contributed by atoms with Crippen molar-refractivity contribution in [2.24, 2.45) is 11.8 Å². The van der Waals surface area contributed by atoms with Gasteiger partial charge < -0.3 is 10.2 Å². The molecule has 8 heteroatoms. The second-order valence-corrected chi connectivity index (χ2v) is 9.57. The van der Waals surface area contributed by atoms with Crippen LogP contribution < -0.4 is 5.32 Å². The molecule has 5 rings (SSSR count). The van der Waals surface area contributed by atoms with Crippen LogP contribution in [0.5, 0.6) is 0 Å². The van der Waals surface area contributed by atoms with Crippen LogP contribution in [0.25, 0.3) is 5.57 Å². The number of hydrogen-bond acceptors (Lipinski definition) is 5. The van der Waals surface area contributed by atoms with Gasteiger partial charge in [0.25, 0.3) is 16.0 Å². The van der Waals surface area contributed by atoms with Crippen molar-refractivity contribution in [3.8, 4) is 0 Å². The number of anilines is 1. The van der Waals surface area contributed by atoms with E-state index in [0.717, 1.165) is 11.1 Å². The molecular formula is C24H20N2O5S. The van der Waals surface area contributed by atoms with E-state index in [1.54, 1.807) is 56.5 Å². The monoisotopic (exact) mass is 448 g/mol. The van der Waals surface area contributed by atoms with Gasteiger partial charge in [0.05, 0.1) is 11.6 Å². The molecule has 1 aliphatic heterocycles. The number of aryl methyl sites for hydroxylation is 1. The Morgan fingerprint density at radius 1 is 1.00 bits per heavy atom. The maximum absolute atomic E-state index is 13.6. The van der Waals surface area contributed by atoms with Gasteiger partial charge in [-0.05, 0) is 47.9 Å². The molecule has 0 radical (unpaired) electrons. The molecule has 0 saturated carbocycles. The lowest BCUT2D eigenvalue weighted by Gasteiger charge is -2.43.